The van der Waals surface area contributed by atoms with E-state index in [1.165, 1.54) is 18.4 Å². The quantitative estimate of drug-likeness (QED) is 0.724. The molecule has 2 amide bonds. The molecule has 1 atom stereocenters. The molecule has 23 heavy (non-hydrogen) atoms. The number of rotatable bonds is 6. The molecule has 0 aromatic rings. The number of allylic oxidation sites excluding steroid dienone is 1. The summed E-state index contributed by atoms with van der Waals surface area (Å²) in [6, 6.07) is -0.117. The zero-order chi connectivity index (χ0) is 16.7. The largest absolute Gasteiger partial charge is 0.338 e. The first-order valence-corrected chi connectivity index (χ1v) is 10.5. The van der Waals surface area contributed by atoms with Gasteiger partial charge in [-0.2, -0.15) is 0 Å². The van der Waals surface area contributed by atoms with E-state index in [-0.39, 0.29) is 12.1 Å². The molecule has 2 aliphatic rings. The van der Waals surface area contributed by atoms with E-state index in [1.807, 2.05) is 0 Å². The number of nitrogens with zero attached hydrogens (tertiary/aromatic N) is 1. The van der Waals surface area contributed by atoms with Crippen molar-refractivity contribution in [3.63, 3.8) is 0 Å². The molecule has 0 radical (unpaired) electrons. The lowest BCUT2D eigenvalue weighted by Gasteiger charge is -2.35. The molecule has 2 N–H and O–H groups in total. The van der Waals surface area contributed by atoms with Gasteiger partial charge in [0.25, 0.3) is 0 Å². The monoisotopic (exact) mass is 343 g/mol. The van der Waals surface area contributed by atoms with Gasteiger partial charge in [-0.25, -0.2) is 17.9 Å². The number of nitrogens with one attached hydrogen (secondary N) is 2. The minimum absolute atomic E-state index is 0.0487. The van der Waals surface area contributed by atoms with E-state index >= 15 is 0 Å². The minimum atomic E-state index is -3.22. The van der Waals surface area contributed by atoms with Gasteiger partial charge in [0.05, 0.1) is 6.26 Å². The average molecular weight is 343 g/mol. The van der Waals surface area contributed by atoms with Gasteiger partial charge in [0.1, 0.15) is 0 Å². The lowest BCUT2D eigenvalue weighted by molar-refractivity contribution is 0.152. The summed E-state index contributed by atoms with van der Waals surface area (Å²) in [5.41, 5.74) is 1.45. The van der Waals surface area contributed by atoms with Gasteiger partial charge < -0.3 is 10.2 Å². The van der Waals surface area contributed by atoms with Gasteiger partial charge in [0.15, 0.2) is 0 Å². The molecular weight excluding hydrogens is 314 g/mol. The average Bonchev–Trinajstić information content (AvgIpc) is 2.53. The Balaban J connectivity index is 1.79. The number of carbonyl (C=O) groups is 1. The Bertz CT molecular complexity index is 531. The maximum absolute atomic E-state index is 12.4. The zero-order valence-corrected chi connectivity index (χ0v) is 14.8. The topological polar surface area (TPSA) is 78.5 Å². The lowest BCUT2D eigenvalue weighted by atomic mass is 9.97. The van der Waals surface area contributed by atoms with E-state index in [9.17, 15) is 13.2 Å². The first-order chi connectivity index (χ1) is 11.0. The van der Waals surface area contributed by atoms with Crippen molar-refractivity contribution in [2.45, 2.75) is 57.4 Å². The van der Waals surface area contributed by atoms with E-state index in [2.05, 4.69) is 16.1 Å². The number of amides is 2. The van der Waals surface area contributed by atoms with Crippen LogP contribution in [0.3, 0.4) is 0 Å². The molecule has 0 aromatic carbocycles. The number of urea groups is 1. The van der Waals surface area contributed by atoms with Gasteiger partial charge in [-0.05, 0) is 51.4 Å². The number of sulfonamides is 1. The Morgan fingerprint density at radius 2 is 2.13 bits per heavy atom. The Kier molecular flexibility index (Phi) is 6.89. The smallest absolute Gasteiger partial charge is 0.317 e. The summed E-state index contributed by atoms with van der Waals surface area (Å²) in [6.45, 7) is 1.66. The van der Waals surface area contributed by atoms with E-state index in [0.29, 0.717) is 19.6 Å². The van der Waals surface area contributed by atoms with Crippen molar-refractivity contribution in [3.05, 3.63) is 11.6 Å². The molecule has 2 rings (SSSR count). The van der Waals surface area contributed by atoms with Crippen molar-refractivity contribution < 1.29 is 13.2 Å². The van der Waals surface area contributed by atoms with Gasteiger partial charge in [-0.3, -0.25) is 0 Å². The number of likely N-dealkylation sites (tertiary alicyclic amines) is 1. The third-order valence-corrected chi connectivity index (χ3v) is 5.27. The summed E-state index contributed by atoms with van der Waals surface area (Å²) >= 11 is 0. The van der Waals surface area contributed by atoms with Crippen molar-refractivity contribution in [1.82, 2.24) is 14.9 Å². The van der Waals surface area contributed by atoms with Crippen LogP contribution >= 0.6 is 0 Å². The van der Waals surface area contributed by atoms with Crippen molar-refractivity contribution in [3.8, 4) is 0 Å². The predicted molar refractivity (Wildman–Crippen MR) is 91.8 cm³/mol. The number of hydrogen-bond acceptors (Lipinski definition) is 3. The fourth-order valence-electron chi connectivity index (χ4n) is 3.29. The highest BCUT2D eigenvalue weighted by molar-refractivity contribution is 7.88. The van der Waals surface area contributed by atoms with Crippen molar-refractivity contribution in [2.24, 2.45) is 0 Å². The highest BCUT2D eigenvalue weighted by Gasteiger charge is 2.27. The fourth-order valence-corrected chi connectivity index (χ4v) is 3.79. The molecule has 132 valence electrons. The third kappa shape index (κ3) is 6.51. The van der Waals surface area contributed by atoms with Crippen LogP contribution in [0, 0.1) is 0 Å². The summed E-state index contributed by atoms with van der Waals surface area (Å²) in [5.74, 6) is 0. The van der Waals surface area contributed by atoms with Crippen LogP contribution in [0.25, 0.3) is 0 Å². The second-order valence-electron chi connectivity index (χ2n) is 6.55. The number of carbonyl (C=O) groups excluding carboxylic acids is 1. The van der Waals surface area contributed by atoms with E-state index in [1.54, 1.807) is 4.90 Å². The van der Waals surface area contributed by atoms with Crippen LogP contribution in [0.5, 0.6) is 0 Å². The summed E-state index contributed by atoms with van der Waals surface area (Å²) in [6.07, 6.45) is 12.1. The molecule has 1 heterocycles. The van der Waals surface area contributed by atoms with Crippen LogP contribution in [0.15, 0.2) is 11.6 Å². The molecule has 1 unspecified atom stereocenters. The van der Waals surface area contributed by atoms with Crippen LogP contribution in [-0.2, 0) is 10.0 Å². The highest BCUT2D eigenvalue weighted by atomic mass is 32.2. The second kappa shape index (κ2) is 8.68. The first kappa shape index (κ1) is 18.3. The van der Waals surface area contributed by atoms with Gasteiger partial charge in [-0.1, -0.05) is 11.6 Å². The van der Waals surface area contributed by atoms with Crippen LogP contribution in [0.2, 0.25) is 0 Å². The summed E-state index contributed by atoms with van der Waals surface area (Å²) < 4.78 is 25.0. The molecule has 0 spiro atoms. The van der Waals surface area contributed by atoms with Gasteiger partial charge in [-0.15, -0.1) is 0 Å². The normalized spacial score (nSPS) is 22.6. The third-order valence-electron chi connectivity index (χ3n) is 4.58. The Morgan fingerprint density at radius 3 is 2.83 bits per heavy atom. The molecule has 0 aromatic heterocycles. The van der Waals surface area contributed by atoms with Crippen molar-refractivity contribution >= 4 is 16.1 Å². The molecule has 1 saturated heterocycles. The van der Waals surface area contributed by atoms with Crippen molar-refractivity contribution in [2.75, 3.05) is 25.9 Å². The molecular formula is C16H29N3O3S. The first-order valence-electron chi connectivity index (χ1n) is 8.63. The van der Waals surface area contributed by atoms with Gasteiger partial charge >= 0.3 is 6.03 Å². The van der Waals surface area contributed by atoms with E-state index in [4.69, 9.17) is 0 Å². The molecule has 1 fully saturated rings. The minimum Gasteiger partial charge on any atom is -0.338 e. The highest BCUT2D eigenvalue weighted by Crippen LogP contribution is 2.20. The second-order valence-corrected chi connectivity index (χ2v) is 8.39. The van der Waals surface area contributed by atoms with Gasteiger partial charge in [0.2, 0.25) is 10.0 Å². The van der Waals surface area contributed by atoms with E-state index < -0.39 is 10.0 Å². The molecule has 6 nitrogen and oxygen atoms in total. The van der Waals surface area contributed by atoms with Crippen LogP contribution in [0.4, 0.5) is 4.79 Å². The van der Waals surface area contributed by atoms with Gasteiger partial charge in [0, 0.05) is 25.7 Å². The van der Waals surface area contributed by atoms with E-state index in [0.717, 1.165) is 44.8 Å². The SMILES string of the molecule is CS(=O)(=O)NCC1CCCCN1C(=O)NCCC1=CCCCC1. The molecule has 1 aliphatic carbocycles. The summed E-state index contributed by atoms with van der Waals surface area (Å²) in [7, 11) is -3.22. The van der Waals surface area contributed by atoms with Crippen molar-refractivity contribution in [1.29, 1.82) is 0 Å². The molecule has 1 aliphatic heterocycles. The molecule has 7 heteroatoms. The summed E-state index contributed by atoms with van der Waals surface area (Å²) in [4.78, 5) is 14.2. The number of hydrogen-bond donors (Lipinski definition) is 2. The maximum atomic E-state index is 12.4. The zero-order valence-electron chi connectivity index (χ0n) is 14.0. The molecule has 0 saturated carbocycles. The Hall–Kier alpha value is -1.08. The predicted octanol–water partition coefficient (Wildman–Crippen LogP) is 1.99. The van der Waals surface area contributed by atoms with Crippen LogP contribution in [-0.4, -0.2) is 51.3 Å². The summed E-state index contributed by atoms with van der Waals surface area (Å²) in [5, 5.41) is 3.00. The van der Waals surface area contributed by atoms with Crippen LogP contribution in [0.1, 0.15) is 51.4 Å². The lowest BCUT2D eigenvalue weighted by Crippen LogP contribution is -2.52. The number of piperidine rings is 1. The fraction of sp³-hybridized carbons (Fsp3) is 0.812. The Labute approximate surface area is 139 Å². The standard InChI is InChI=1S/C16H29N3O3S/c1-23(21,22)18-13-15-9-5-6-12-19(15)16(20)17-11-10-14-7-3-2-4-8-14/h7,15,18H,2-6,8-13H2,1H3,(H,17,20). The Morgan fingerprint density at radius 1 is 1.30 bits per heavy atom. The molecule has 0 bridgehead atoms. The maximum Gasteiger partial charge on any atom is 0.317 e. The van der Waals surface area contributed by atoms with Crippen LogP contribution < -0.4 is 10.0 Å².